The van der Waals surface area contributed by atoms with Gasteiger partial charge in [0.05, 0.1) is 24.7 Å². The lowest BCUT2D eigenvalue weighted by molar-refractivity contribution is -0.123. The third-order valence-electron chi connectivity index (χ3n) is 6.92. The van der Waals surface area contributed by atoms with Gasteiger partial charge in [0.15, 0.2) is 0 Å². The van der Waals surface area contributed by atoms with Crippen LogP contribution in [0.4, 0.5) is 4.39 Å². The number of ether oxygens (including phenoxy) is 1. The van der Waals surface area contributed by atoms with Crippen molar-refractivity contribution < 1.29 is 18.7 Å². The molecule has 1 atom stereocenters. The first-order valence-corrected chi connectivity index (χ1v) is 12.8. The molecule has 2 aliphatic heterocycles. The zero-order valence-electron chi connectivity index (χ0n) is 21.2. The highest BCUT2D eigenvalue weighted by molar-refractivity contribution is 5.97. The number of primary amides is 1. The van der Waals surface area contributed by atoms with Crippen molar-refractivity contribution in [1.82, 2.24) is 19.8 Å². The van der Waals surface area contributed by atoms with Crippen LogP contribution in [0, 0.1) is 5.92 Å². The minimum Gasteiger partial charge on any atom is -0.476 e. The number of benzene rings is 1. The van der Waals surface area contributed by atoms with Crippen molar-refractivity contribution in [2.45, 2.75) is 57.7 Å². The summed E-state index contributed by atoms with van der Waals surface area (Å²) >= 11 is 0. The van der Waals surface area contributed by atoms with Gasteiger partial charge in [-0.25, -0.2) is 14.4 Å². The number of nitrogens with two attached hydrogens (primary N) is 1. The molecule has 0 unspecified atom stereocenters. The molecule has 36 heavy (non-hydrogen) atoms. The second-order valence-corrected chi connectivity index (χ2v) is 10.5. The maximum Gasteiger partial charge on any atom is 0.254 e. The highest BCUT2D eigenvalue weighted by atomic mass is 19.1. The number of carbonyl (C=O) groups is 2. The molecule has 1 aromatic carbocycles. The Hall–Kier alpha value is -3.07. The molecule has 194 valence electrons. The van der Waals surface area contributed by atoms with Gasteiger partial charge in [-0.2, -0.15) is 0 Å². The monoisotopic (exact) mass is 497 g/mol. The number of amides is 2. The van der Waals surface area contributed by atoms with Crippen molar-refractivity contribution in [2.24, 2.45) is 11.7 Å². The number of alkyl halides is 1. The van der Waals surface area contributed by atoms with Crippen LogP contribution in [0.2, 0.25) is 0 Å². The van der Waals surface area contributed by atoms with E-state index in [1.807, 2.05) is 12.1 Å². The molecule has 2 aliphatic rings. The zero-order chi connectivity index (χ0) is 25.7. The molecule has 2 aromatic rings. The lowest BCUT2D eigenvalue weighted by atomic mass is 9.97. The van der Waals surface area contributed by atoms with Gasteiger partial charge in [0.1, 0.15) is 11.7 Å². The number of hydrogen-bond acceptors (Lipinski definition) is 6. The molecule has 0 radical (unpaired) electrons. The molecule has 2 saturated heterocycles. The fourth-order valence-corrected chi connectivity index (χ4v) is 5.01. The van der Waals surface area contributed by atoms with Crippen molar-refractivity contribution in [3.63, 3.8) is 0 Å². The molecule has 3 heterocycles. The minimum atomic E-state index is -1.17. The zero-order valence-corrected chi connectivity index (χ0v) is 21.2. The van der Waals surface area contributed by atoms with Crippen molar-refractivity contribution in [3.05, 3.63) is 42.2 Å². The van der Waals surface area contributed by atoms with Crippen LogP contribution in [0.25, 0.3) is 11.3 Å². The molecule has 2 fully saturated rings. The van der Waals surface area contributed by atoms with Crippen LogP contribution in [-0.4, -0.2) is 76.1 Å². The van der Waals surface area contributed by atoms with E-state index in [0.29, 0.717) is 49.2 Å². The van der Waals surface area contributed by atoms with Gasteiger partial charge in [-0.3, -0.25) is 9.59 Å². The highest BCUT2D eigenvalue weighted by Gasteiger charge is 2.31. The normalized spacial score (nSPS) is 19.8. The van der Waals surface area contributed by atoms with E-state index in [9.17, 15) is 14.0 Å². The summed E-state index contributed by atoms with van der Waals surface area (Å²) in [5, 5.41) is 0. The van der Waals surface area contributed by atoms with Crippen molar-refractivity contribution in [3.8, 4) is 17.1 Å². The molecule has 0 aliphatic carbocycles. The maximum absolute atomic E-state index is 13.9. The van der Waals surface area contributed by atoms with Crippen LogP contribution < -0.4 is 10.5 Å². The molecule has 4 rings (SSSR count). The van der Waals surface area contributed by atoms with Gasteiger partial charge in [0, 0.05) is 24.2 Å². The minimum absolute atomic E-state index is 0.181. The van der Waals surface area contributed by atoms with Gasteiger partial charge in [-0.1, -0.05) is 12.1 Å². The van der Waals surface area contributed by atoms with Crippen LogP contribution in [0.3, 0.4) is 0 Å². The van der Waals surface area contributed by atoms with Crippen LogP contribution >= 0.6 is 0 Å². The Bertz CT molecular complexity index is 1030. The predicted octanol–water partition coefficient (Wildman–Crippen LogP) is 3.46. The number of rotatable bonds is 8. The molecule has 0 bridgehead atoms. The molecule has 2 amide bonds. The Morgan fingerprint density at radius 1 is 1.06 bits per heavy atom. The summed E-state index contributed by atoms with van der Waals surface area (Å²) in [5.74, 6) is 0.257. The summed E-state index contributed by atoms with van der Waals surface area (Å²) in [6.45, 7) is 6.57. The average Bonchev–Trinajstić information content (AvgIpc) is 2.87. The van der Waals surface area contributed by atoms with E-state index in [2.05, 4.69) is 14.9 Å². The topological polar surface area (TPSA) is 102 Å². The highest BCUT2D eigenvalue weighted by Crippen LogP contribution is 2.24. The van der Waals surface area contributed by atoms with E-state index in [-0.39, 0.29) is 5.91 Å². The van der Waals surface area contributed by atoms with Crippen molar-refractivity contribution >= 4 is 11.8 Å². The molecular weight excluding hydrogens is 461 g/mol. The summed E-state index contributed by atoms with van der Waals surface area (Å²) < 4.78 is 19.7. The summed E-state index contributed by atoms with van der Waals surface area (Å²) in [6, 6.07) is 6.60. The molecule has 8 nitrogen and oxygen atoms in total. The van der Waals surface area contributed by atoms with E-state index in [1.165, 1.54) is 0 Å². The van der Waals surface area contributed by atoms with E-state index in [4.69, 9.17) is 10.5 Å². The first-order valence-electron chi connectivity index (χ1n) is 12.8. The largest absolute Gasteiger partial charge is 0.476 e. The number of piperidine rings is 2. The molecule has 9 heteroatoms. The first kappa shape index (κ1) is 26.0. The van der Waals surface area contributed by atoms with Crippen LogP contribution in [0.5, 0.6) is 5.88 Å². The number of hydrogen-bond donors (Lipinski definition) is 1. The predicted molar refractivity (Wildman–Crippen MR) is 135 cm³/mol. The Labute approximate surface area is 212 Å². The Morgan fingerprint density at radius 2 is 1.78 bits per heavy atom. The Morgan fingerprint density at radius 3 is 2.39 bits per heavy atom. The van der Waals surface area contributed by atoms with Crippen molar-refractivity contribution in [2.75, 3.05) is 32.8 Å². The van der Waals surface area contributed by atoms with E-state index in [0.717, 1.165) is 44.3 Å². The molecule has 1 aromatic heterocycles. The van der Waals surface area contributed by atoms with Gasteiger partial charge in [-0.15, -0.1) is 0 Å². The summed E-state index contributed by atoms with van der Waals surface area (Å²) in [4.78, 5) is 37.3. The van der Waals surface area contributed by atoms with Gasteiger partial charge in [-0.05, 0) is 77.1 Å². The van der Waals surface area contributed by atoms with E-state index >= 15 is 0 Å². The fourth-order valence-electron chi connectivity index (χ4n) is 5.01. The number of aromatic nitrogens is 2. The molecule has 0 spiro atoms. The summed E-state index contributed by atoms with van der Waals surface area (Å²) in [7, 11) is 0. The summed E-state index contributed by atoms with van der Waals surface area (Å²) in [5.41, 5.74) is 6.36. The standard InChI is InChI=1S/C27H36FN5O3/c1-27(2,28)18-32-13-10-19(11-14-32)17-36-24-16-30-22(15-31-24)20-6-8-21(9-7-20)26(35)33-12-4-3-5-23(33)25(29)34/h6-9,15-16,19,23H,3-5,10-14,17-18H2,1-2H3,(H2,29,34)/t23-/m0/s1. The van der Waals surface area contributed by atoms with Crippen LogP contribution in [-0.2, 0) is 4.79 Å². The smallest absolute Gasteiger partial charge is 0.254 e. The van der Waals surface area contributed by atoms with Crippen LogP contribution in [0.1, 0.15) is 56.3 Å². The van der Waals surface area contributed by atoms with Gasteiger partial charge in [0.2, 0.25) is 11.8 Å². The molecule has 2 N–H and O–H groups in total. The number of nitrogens with zero attached hydrogens (tertiary/aromatic N) is 4. The quantitative estimate of drug-likeness (QED) is 0.599. The number of carbonyl (C=O) groups excluding carboxylic acids is 2. The lowest BCUT2D eigenvalue weighted by Crippen LogP contribution is -2.50. The Balaban J connectivity index is 1.29. The second kappa shape index (κ2) is 11.3. The molecular formula is C27H36FN5O3. The van der Waals surface area contributed by atoms with E-state index in [1.54, 1.807) is 43.3 Å². The van der Waals surface area contributed by atoms with Crippen molar-refractivity contribution in [1.29, 1.82) is 0 Å². The fraction of sp³-hybridized carbons (Fsp3) is 0.556. The lowest BCUT2D eigenvalue weighted by Gasteiger charge is -2.34. The number of halogens is 1. The molecule has 0 saturated carbocycles. The SMILES string of the molecule is CC(C)(F)CN1CCC(COc2cnc(-c3ccc(C(=O)N4CCCC[C@H]4C(N)=O)cc3)cn2)CC1. The summed E-state index contributed by atoms with van der Waals surface area (Å²) in [6.07, 6.45) is 7.60. The van der Waals surface area contributed by atoms with E-state index < -0.39 is 17.6 Å². The third-order valence-corrected chi connectivity index (χ3v) is 6.92. The van der Waals surface area contributed by atoms with Gasteiger partial charge in [0.25, 0.3) is 5.91 Å². The average molecular weight is 498 g/mol. The van der Waals surface area contributed by atoms with Gasteiger partial charge >= 0.3 is 0 Å². The number of likely N-dealkylation sites (tertiary alicyclic amines) is 2. The third kappa shape index (κ3) is 6.78. The second-order valence-electron chi connectivity index (χ2n) is 10.5. The maximum atomic E-state index is 13.9. The van der Waals surface area contributed by atoms with Crippen LogP contribution in [0.15, 0.2) is 36.7 Å². The van der Waals surface area contributed by atoms with Gasteiger partial charge < -0.3 is 20.3 Å². The first-order chi connectivity index (χ1) is 17.2. The Kier molecular flexibility index (Phi) is 8.18.